The van der Waals surface area contributed by atoms with Crippen molar-refractivity contribution < 1.29 is 13.6 Å². The summed E-state index contributed by atoms with van der Waals surface area (Å²) in [7, 11) is 0. The third-order valence-corrected chi connectivity index (χ3v) is 4.44. The van der Waals surface area contributed by atoms with Gasteiger partial charge < -0.3 is 0 Å². The van der Waals surface area contributed by atoms with Crippen LogP contribution in [0.3, 0.4) is 0 Å². The monoisotopic (exact) mass is 321 g/mol. The van der Waals surface area contributed by atoms with Gasteiger partial charge in [-0.3, -0.25) is 9.78 Å². The number of carbonyl (C=O) groups is 1. The number of nitrogens with zero attached hydrogens (tertiary/aromatic N) is 1. The fourth-order valence-electron chi connectivity index (χ4n) is 3.29. The predicted molar refractivity (Wildman–Crippen MR) is 87.9 cm³/mol. The molecule has 1 aliphatic carbocycles. The maximum atomic E-state index is 13.8. The second kappa shape index (κ2) is 5.06. The summed E-state index contributed by atoms with van der Waals surface area (Å²) in [5.41, 5.74) is 4.60. The zero-order chi connectivity index (χ0) is 17.0. The van der Waals surface area contributed by atoms with Crippen molar-refractivity contribution in [1.82, 2.24) is 4.98 Å². The smallest absolute Gasteiger partial charge is 0.194 e. The number of fused-ring (bicyclic) bond motifs is 6. The topological polar surface area (TPSA) is 30.0 Å². The van der Waals surface area contributed by atoms with Crippen molar-refractivity contribution in [3.8, 4) is 22.3 Å². The minimum atomic E-state index is -0.414. The van der Waals surface area contributed by atoms with Crippen molar-refractivity contribution in [2.45, 2.75) is 13.8 Å². The molecule has 0 spiro atoms. The molecule has 2 bridgehead atoms. The van der Waals surface area contributed by atoms with Crippen LogP contribution in [0, 0.1) is 25.5 Å². The normalized spacial score (nSPS) is 12.2. The lowest BCUT2D eigenvalue weighted by atomic mass is 9.85. The van der Waals surface area contributed by atoms with E-state index in [1.165, 1.54) is 36.4 Å². The fraction of sp³-hybridized carbons (Fsp3) is 0.100. The van der Waals surface area contributed by atoms with Crippen molar-refractivity contribution in [1.29, 1.82) is 0 Å². The molecule has 1 aromatic heterocycles. The number of ketones is 1. The average Bonchev–Trinajstić information content (AvgIpc) is 2.53. The summed E-state index contributed by atoms with van der Waals surface area (Å²) in [6.07, 6.45) is 0. The van der Waals surface area contributed by atoms with Gasteiger partial charge in [0, 0.05) is 33.6 Å². The van der Waals surface area contributed by atoms with E-state index >= 15 is 0 Å². The van der Waals surface area contributed by atoms with Gasteiger partial charge >= 0.3 is 0 Å². The van der Waals surface area contributed by atoms with Crippen LogP contribution in [0.1, 0.15) is 27.3 Å². The second-order valence-electron chi connectivity index (χ2n) is 5.96. The summed E-state index contributed by atoms with van der Waals surface area (Å²) in [4.78, 5) is 17.5. The van der Waals surface area contributed by atoms with Crippen LogP contribution in [0.2, 0.25) is 0 Å². The van der Waals surface area contributed by atoms with Crippen LogP contribution in [0.5, 0.6) is 0 Å². The number of aromatic nitrogens is 1. The van der Waals surface area contributed by atoms with Crippen LogP contribution in [0.25, 0.3) is 22.3 Å². The number of hydrogen-bond donors (Lipinski definition) is 0. The third kappa shape index (κ3) is 2.07. The largest absolute Gasteiger partial charge is 0.289 e. The molecule has 0 N–H and O–H groups in total. The van der Waals surface area contributed by atoms with E-state index in [2.05, 4.69) is 4.98 Å². The lowest BCUT2D eigenvalue weighted by Crippen LogP contribution is -2.10. The van der Waals surface area contributed by atoms with Crippen molar-refractivity contribution >= 4 is 5.78 Å². The van der Waals surface area contributed by atoms with Gasteiger partial charge in [-0.05, 0) is 67.4 Å². The van der Waals surface area contributed by atoms with Gasteiger partial charge in [-0.1, -0.05) is 0 Å². The van der Waals surface area contributed by atoms with Gasteiger partial charge in [0.2, 0.25) is 0 Å². The number of rotatable bonds is 0. The maximum Gasteiger partial charge on any atom is 0.194 e. The van der Waals surface area contributed by atoms with Gasteiger partial charge in [-0.15, -0.1) is 0 Å². The molecule has 24 heavy (non-hydrogen) atoms. The molecule has 0 atom stereocenters. The molecule has 0 fully saturated rings. The first-order valence-corrected chi connectivity index (χ1v) is 7.58. The summed E-state index contributed by atoms with van der Waals surface area (Å²) < 4.78 is 27.6. The molecule has 3 aromatic rings. The summed E-state index contributed by atoms with van der Waals surface area (Å²) >= 11 is 0. The highest BCUT2D eigenvalue weighted by Crippen LogP contribution is 2.38. The first-order valence-electron chi connectivity index (χ1n) is 7.58. The number of pyridine rings is 1. The summed E-state index contributed by atoms with van der Waals surface area (Å²) in [5.74, 6) is -1.07. The van der Waals surface area contributed by atoms with Gasteiger partial charge in [0.15, 0.2) is 5.78 Å². The molecule has 0 radical (unpaired) electrons. The van der Waals surface area contributed by atoms with Crippen molar-refractivity contribution in [3.63, 3.8) is 0 Å². The SMILES string of the molecule is Cc1nc(C)c2cc1-c1cc(F)ccc1C(=O)c1ccc(F)cc1-2. The Morgan fingerprint density at radius 3 is 1.58 bits per heavy atom. The Labute approximate surface area is 137 Å². The lowest BCUT2D eigenvalue weighted by molar-refractivity contribution is 0.104. The molecule has 4 heteroatoms. The summed E-state index contributed by atoms with van der Waals surface area (Å²) in [6, 6.07) is 10.0. The third-order valence-electron chi connectivity index (χ3n) is 4.44. The number of hydrogen-bond acceptors (Lipinski definition) is 2. The number of carbonyl (C=O) groups excluding carboxylic acids is 1. The Hall–Kier alpha value is -2.88. The van der Waals surface area contributed by atoms with E-state index in [9.17, 15) is 13.6 Å². The molecular weight excluding hydrogens is 308 g/mol. The van der Waals surface area contributed by atoms with Crippen molar-refractivity contribution in [2.75, 3.05) is 0 Å². The highest BCUT2D eigenvalue weighted by molar-refractivity contribution is 6.17. The van der Waals surface area contributed by atoms with Gasteiger partial charge in [0.25, 0.3) is 0 Å². The summed E-state index contributed by atoms with van der Waals surface area (Å²) in [5, 5.41) is 0. The van der Waals surface area contributed by atoms with E-state index in [4.69, 9.17) is 0 Å². The minimum absolute atomic E-state index is 0.245. The number of benzene rings is 2. The number of aryl methyl sites for hydroxylation is 2. The second-order valence-corrected chi connectivity index (χ2v) is 5.96. The molecule has 0 amide bonds. The standard InChI is InChI=1S/C20H13F2NO/c1-10-16-9-17(11(2)23-10)19-8-13(22)4-6-15(19)20(24)14-5-3-12(21)7-18(14)16/h3-9H,1-2H3. The van der Waals surface area contributed by atoms with Gasteiger partial charge in [-0.2, -0.15) is 0 Å². The van der Waals surface area contributed by atoms with Crippen LogP contribution in [-0.2, 0) is 0 Å². The van der Waals surface area contributed by atoms with Crippen LogP contribution >= 0.6 is 0 Å². The minimum Gasteiger partial charge on any atom is -0.289 e. The Kier molecular flexibility index (Phi) is 3.10. The van der Waals surface area contributed by atoms with E-state index in [0.29, 0.717) is 44.8 Å². The Bertz CT molecular complexity index is 948. The van der Waals surface area contributed by atoms with Crippen LogP contribution in [0.4, 0.5) is 8.78 Å². The molecule has 2 nitrogen and oxygen atoms in total. The zero-order valence-corrected chi connectivity index (χ0v) is 13.2. The Morgan fingerprint density at radius 2 is 1.12 bits per heavy atom. The Morgan fingerprint density at radius 1 is 0.667 bits per heavy atom. The molecule has 0 saturated heterocycles. The van der Waals surface area contributed by atoms with E-state index in [0.717, 1.165) is 0 Å². The molecule has 2 aromatic carbocycles. The maximum absolute atomic E-state index is 13.8. The molecule has 0 saturated carbocycles. The van der Waals surface area contributed by atoms with E-state index in [1.54, 1.807) is 0 Å². The summed E-state index contributed by atoms with van der Waals surface area (Å²) in [6.45, 7) is 3.64. The van der Waals surface area contributed by atoms with E-state index in [1.807, 2.05) is 19.9 Å². The quantitative estimate of drug-likeness (QED) is 0.463. The zero-order valence-electron chi connectivity index (χ0n) is 13.2. The molecular formula is C20H13F2NO. The van der Waals surface area contributed by atoms with E-state index < -0.39 is 11.6 Å². The highest BCUT2D eigenvalue weighted by Gasteiger charge is 2.25. The molecule has 0 aliphatic heterocycles. The van der Waals surface area contributed by atoms with Crippen LogP contribution < -0.4 is 0 Å². The van der Waals surface area contributed by atoms with Crippen molar-refractivity contribution in [2.24, 2.45) is 0 Å². The number of halogens is 2. The van der Waals surface area contributed by atoms with E-state index in [-0.39, 0.29) is 5.78 Å². The fourth-order valence-corrected chi connectivity index (χ4v) is 3.29. The van der Waals surface area contributed by atoms with Gasteiger partial charge in [0.05, 0.1) is 0 Å². The Balaban J connectivity index is 2.19. The first kappa shape index (κ1) is 14.7. The van der Waals surface area contributed by atoms with Gasteiger partial charge in [-0.25, -0.2) is 8.78 Å². The van der Waals surface area contributed by atoms with Crippen molar-refractivity contribution in [3.05, 3.63) is 76.6 Å². The molecule has 4 rings (SSSR count). The van der Waals surface area contributed by atoms with Crippen LogP contribution in [-0.4, -0.2) is 10.8 Å². The molecule has 0 unspecified atom stereocenters. The predicted octanol–water partition coefficient (Wildman–Crippen LogP) is 4.86. The molecule has 118 valence electrons. The first-order chi connectivity index (χ1) is 11.5. The lowest BCUT2D eigenvalue weighted by Gasteiger charge is -2.20. The highest BCUT2D eigenvalue weighted by atomic mass is 19.1. The molecule has 1 heterocycles. The van der Waals surface area contributed by atoms with Crippen LogP contribution in [0.15, 0.2) is 42.5 Å². The average molecular weight is 321 g/mol. The van der Waals surface area contributed by atoms with Gasteiger partial charge in [0.1, 0.15) is 11.6 Å². The molecule has 1 aliphatic rings.